The molecule has 0 bridgehead atoms. The second-order valence-electron chi connectivity index (χ2n) is 34.6. The zero-order chi connectivity index (χ0) is 88.1. The van der Waals surface area contributed by atoms with Gasteiger partial charge in [0.2, 0.25) is 49.8 Å². The maximum Gasteiger partial charge on any atom is 0.254 e. The third-order valence-electron chi connectivity index (χ3n) is 25.4. The Labute approximate surface area is 723 Å². The number of nitrogens with two attached hydrogens (primary N) is 4. The minimum absolute atomic E-state index is 0.00755. The average Bonchev–Trinajstić information content (AvgIpc) is 1.62. The molecule has 8 aliphatic rings. The number of carbonyl (C=O) groups excluding carboxylic acids is 8. The lowest BCUT2D eigenvalue weighted by atomic mass is 9.79. The molecule has 4 aromatic heterocycles. The maximum atomic E-state index is 12.3. The Hall–Kier alpha value is -12.5. The van der Waals surface area contributed by atoms with Crippen molar-refractivity contribution in [1.82, 2.24) is 60.4 Å². The molecule has 652 valence electrons. The monoisotopic (exact) mass is 1690 g/mol. The van der Waals surface area contributed by atoms with Crippen LogP contribution in [0.4, 0.5) is 29.0 Å². The van der Waals surface area contributed by atoms with Gasteiger partial charge in [-0.05, 0) is 202 Å². The highest BCUT2D eigenvalue weighted by Gasteiger charge is 2.47. The molecule has 8 saturated carbocycles. The smallest absolute Gasteiger partial charge is 0.254 e. The van der Waals surface area contributed by atoms with E-state index in [2.05, 4.69) is 137 Å². The molecule has 0 aliphatic heterocycles. The molecule has 33 heteroatoms. The summed E-state index contributed by atoms with van der Waals surface area (Å²) in [6, 6.07) is 28.0. The van der Waals surface area contributed by atoms with Crippen LogP contribution in [0.25, 0.3) is 35.4 Å². The number of primary amides is 4. The molecule has 15 rings (SSSR count). The number of nitrogens with zero attached hydrogens (tertiary/aromatic N) is 13. The Morgan fingerprint density at radius 1 is 0.363 bits per heavy atom. The van der Waals surface area contributed by atoms with E-state index in [1.165, 1.54) is 16.7 Å². The van der Waals surface area contributed by atoms with Gasteiger partial charge in [0, 0.05) is 85.7 Å². The molecule has 0 radical (unpaired) electrons. The third-order valence-corrected chi connectivity index (χ3v) is 25.4. The molecular formula is C91H115N25O8. The van der Waals surface area contributed by atoms with Gasteiger partial charge in [0.05, 0.1) is 6.57 Å². The molecule has 7 aromatic rings. The van der Waals surface area contributed by atoms with Crippen molar-refractivity contribution in [3.63, 3.8) is 0 Å². The van der Waals surface area contributed by atoms with Gasteiger partial charge in [-0.15, -0.1) is 0 Å². The summed E-state index contributed by atoms with van der Waals surface area (Å²) in [7, 11) is 0. The lowest BCUT2D eigenvalue weighted by Crippen LogP contribution is -2.45. The van der Waals surface area contributed by atoms with Gasteiger partial charge in [0.15, 0.2) is 29.0 Å². The van der Waals surface area contributed by atoms with E-state index >= 15 is 0 Å². The number of rotatable bonds is 33. The van der Waals surface area contributed by atoms with E-state index in [0.29, 0.717) is 56.3 Å². The Morgan fingerprint density at radius 2 is 0.645 bits per heavy atom. The van der Waals surface area contributed by atoms with Gasteiger partial charge in [0.1, 0.15) is 44.4 Å². The van der Waals surface area contributed by atoms with E-state index in [9.17, 15) is 38.4 Å². The summed E-state index contributed by atoms with van der Waals surface area (Å²) in [4.78, 5) is 115. The van der Waals surface area contributed by atoms with Gasteiger partial charge in [-0.3, -0.25) is 57.1 Å². The van der Waals surface area contributed by atoms with Crippen molar-refractivity contribution >= 4 is 76.2 Å². The van der Waals surface area contributed by atoms with Crippen LogP contribution in [0, 0.1) is 56.5 Å². The first kappa shape index (κ1) is 90.8. The first-order chi connectivity index (χ1) is 59.9. The van der Waals surface area contributed by atoms with E-state index in [1.807, 2.05) is 36.4 Å². The molecule has 4 heterocycles. The summed E-state index contributed by atoms with van der Waals surface area (Å²) in [5.74, 6) is -2.23. The largest absolute Gasteiger partial charge is 0.365 e. The first-order valence-corrected chi connectivity index (χ1v) is 43.6. The van der Waals surface area contributed by atoms with Crippen molar-refractivity contribution < 1.29 is 38.4 Å². The summed E-state index contributed by atoms with van der Waals surface area (Å²) in [5.41, 5.74) is 26.3. The normalized spacial score (nSPS) is 23.1. The van der Waals surface area contributed by atoms with Crippen LogP contribution in [0.3, 0.4) is 0 Å². The van der Waals surface area contributed by atoms with Gasteiger partial charge >= 0.3 is 0 Å². The number of amides is 8. The number of carbonyl (C=O) groups is 8. The number of benzene rings is 3. The van der Waals surface area contributed by atoms with Crippen LogP contribution in [0.15, 0.2) is 104 Å². The van der Waals surface area contributed by atoms with Gasteiger partial charge in [-0.1, -0.05) is 92.7 Å². The summed E-state index contributed by atoms with van der Waals surface area (Å²) in [6.07, 6.45) is 28.8. The third kappa shape index (κ3) is 23.3. The molecule has 8 amide bonds. The molecule has 8 fully saturated rings. The number of nitrogens with one attached hydrogen (secondary N) is 8. The zero-order valence-electron chi connectivity index (χ0n) is 70.9. The van der Waals surface area contributed by atoms with Crippen LogP contribution in [0.2, 0.25) is 0 Å². The highest BCUT2D eigenvalue weighted by Crippen LogP contribution is 2.43. The molecule has 16 N–H and O–H groups in total. The Bertz CT molecular complexity index is 5030. The van der Waals surface area contributed by atoms with Crippen LogP contribution < -0.4 is 65.5 Å². The van der Waals surface area contributed by atoms with Crippen LogP contribution in [-0.2, 0) is 54.4 Å². The van der Waals surface area contributed by atoms with Gasteiger partial charge in [-0.25, -0.2) is 31.1 Å². The van der Waals surface area contributed by atoms with Crippen molar-refractivity contribution in [3.05, 3.63) is 194 Å². The molecular weight excluding hydrogens is 1570 g/mol. The molecule has 8 aliphatic carbocycles. The maximum absolute atomic E-state index is 12.3. The molecule has 0 saturated heterocycles. The second kappa shape index (κ2) is 41.6. The second-order valence-corrected chi connectivity index (χ2v) is 34.6. The number of anilines is 4. The van der Waals surface area contributed by atoms with Crippen molar-refractivity contribution in [1.29, 1.82) is 0 Å². The Morgan fingerprint density at radius 3 is 0.911 bits per heavy atom. The minimum Gasteiger partial charge on any atom is -0.365 e. The van der Waals surface area contributed by atoms with Gasteiger partial charge in [0.25, 0.3) is 23.6 Å². The summed E-state index contributed by atoms with van der Waals surface area (Å²) < 4.78 is 6.82. The van der Waals surface area contributed by atoms with Crippen LogP contribution >= 0.6 is 0 Å². The fourth-order valence-electron chi connectivity index (χ4n) is 17.1. The highest BCUT2D eigenvalue weighted by molar-refractivity contribution is 6.05. The Balaban J connectivity index is 0.000000152. The molecule has 0 unspecified atom stereocenters. The Kier molecular flexibility index (Phi) is 30.5. The molecule has 0 atom stereocenters. The van der Waals surface area contributed by atoms with Crippen molar-refractivity contribution in [2.45, 2.75) is 240 Å². The molecule has 124 heavy (non-hydrogen) atoms. The minimum atomic E-state index is -0.651. The van der Waals surface area contributed by atoms with Gasteiger partial charge < -0.3 is 84.8 Å². The van der Waals surface area contributed by atoms with E-state index in [0.717, 1.165) is 179 Å². The fraction of sp³-hybridized carbons (Fsp3) is 0.527. The van der Waals surface area contributed by atoms with E-state index in [4.69, 9.17) is 55.8 Å². The molecule has 0 spiro atoms. The summed E-state index contributed by atoms with van der Waals surface area (Å²) >= 11 is 0. The average molecular weight is 1690 g/mol. The topological polar surface area (TPSA) is 430 Å². The number of hydrogen-bond acceptors (Lipinski definition) is 16. The lowest BCUT2D eigenvalue weighted by Gasteiger charge is -2.37. The highest BCUT2D eigenvalue weighted by atomic mass is 16.2. The molecule has 3 aromatic carbocycles. The van der Waals surface area contributed by atoms with Crippen LogP contribution in [0.5, 0.6) is 0 Å². The quantitative estimate of drug-likeness (QED) is 0.0170. The number of aromatic nitrogens is 8. The van der Waals surface area contributed by atoms with E-state index < -0.39 is 45.8 Å². The number of hydrogen-bond donors (Lipinski definition) is 12. The van der Waals surface area contributed by atoms with Crippen molar-refractivity contribution in [2.24, 2.45) is 46.6 Å². The summed E-state index contributed by atoms with van der Waals surface area (Å²) in [6.45, 7) is 45.8. The van der Waals surface area contributed by atoms with E-state index in [1.54, 1.807) is 49.6 Å². The zero-order valence-corrected chi connectivity index (χ0v) is 70.9. The summed E-state index contributed by atoms with van der Waals surface area (Å²) in [5, 5.41) is 43.4. The van der Waals surface area contributed by atoms with Gasteiger partial charge in [-0.2, -0.15) is 20.4 Å². The van der Waals surface area contributed by atoms with E-state index in [-0.39, 0.29) is 112 Å². The fourth-order valence-corrected chi connectivity index (χ4v) is 17.1. The predicted octanol–water partition coefficient (Wildman–Crippen LogP) is 11.3. The molecule has 33 nitrogen and oxygen atoms in total. The van der Waals surface area contributed by atoms with Crippen LogP contribution in [0.1, 0.15) is 233 Å². The predicted molar refractivity (Wildman–Crippen MR) is 470 cm³/mol. The van der Waals surface area contributed by atoms with Crippen molar-refractivity contribution in [3.8, 4) is 11.1 Å². The lowest BCUT2D eigenvalue weighted by molar-refractivity contribution is -0.118. The van der Waals surface area contributed by atoms with Crippen LogP contribution in [-0.4, -0.2) is 150 Å². The first-order valence-electron chi connectivity index (χ1n) is 43.6. The standard InChI is InChI=1S/C29H32N6O2.C24H27N7O2.2C19H28N6O2/c1-31-19-29(35-18-25(26(30)36)27(34-35)33-28(37)23-11-12-23)15-13-24(14-16-29)32-17-20-7-9-22(10-8-20)21-5-3-2-4-6-21;1-26-15-24(31-14-20(21(25)32)22(30-31)29-23(33)17-6-7-17)10-8-18(9-11-24)28-13-16-4-3-5-19(12-16)27-2;2*1-3-10-22-14-6-8-19(9-7-14,12-21-2)25-11-15(16(20)26)17(24-25)23-18(27)13-4-5-13/h2-10,18,23-24,32H,11-17,19H2,(H2,30,36)(H,33,34,37);3-5,12,14,17-18,28H,6-11,13,15H2,(H2,25,32)(H,29,30,33);2*11,13-14,22H,3-10,12H2,1H3,(H2,20,26)(H,23,24,27). The SMILES string of the molecule is [C-]#[N+]CC1(n2cc(C(N)=O)c(NC(=O)C3CC3)n2)CCC(NCCC)CC1.[C-]#[N+]CC1(n2cc(C(N)=O)c(NC(=O)C3CC3)n2)CCC(NCCC)CC1.[C-]#[N+]CC1(n2cc(C(N)=O)c(NC(=O)C3CC3)n2)CCC(NCc2ccc(-c3ccccc3)cc2)CC1.[C-]#[N+]CC1(n2cc(C(N)=O)c(NC(=O)C3CC3)n2)CCC(NCc2cccc([N+]#[C-])c2)CC1. The van der Waals surface area contributed by atoms with Crippen molar-refractivity contribution in [2.75, 3.05) is 60.5 Å².